The van der Waals surface area contributed by atoms with Crippen LogP contribution in [0.25, 0.3) is 0 Å². The summed E-state index contributed by atoms with van der Waals surface area (Å²) in [6.45, 7) is 6.73. The highest BCUT2D eigenvalue weighted by Crippen LogP contribution is 2.56. The van der Waals surface area contributed by atoms with Crippen molar-refractivity contribution in [3.63, 3.8) is 0 Å². The van der Waals surface area contributed by atoms with Gasteiger partial charge in [0.15, 0.2) is 0 Å². The van der Waals surface area contributed by atoms with E-state index in [-0.39, 0.29) is 0 Å². The minimum atomic E-state index is 0.351. The number of hydrogen-bond donors (Lipinski definition) is 1. The van der Waals surface area contributed by atoms with Gasteiger partial charge in [-0.05, 0) is 64.8 Å². The molecule has 2 saturated carbocycles. The van der Waals surface area contributed by atoms with Crippen molar-refractivity contribution in [3.8, 4) is 0 Å². The van der Waals surface area contributed by atoms with Crippen LogP contribution in [-0.4, -0.2) is 55.6 Å². The Morgan fingerprint density at radius 2 is 2.06 bits per heavy atom. The van der Waals surface area contributed by atoms with E-state index < -0.39 is 0 Å². The van der Waals surface area contributed by atoms with Gasteiger partial charge in [0.05, 0.1) is 0 Å². The van der Waals surface area contributed by atoms with E-state index >= 15 is 0 Å². The molecule has 0 aromatic heterocycles. The lowest BCUT2D eigenvalue weighted by Gasteiger charge is -2.46. The molecule has 2 rings (SSSR count). The molecular weight excluding hydrogens is 222 g/mol. The summed E-state index contributed by atoms with van der Waals surface area (Å²) in [7, 11) is 4.32. The average Bonchev–Trinajstić information content (AvgIpc) is 3.13. The van der Waals surface area contributed by atoms with E-state index in [1.54, 1.807) is 0 Å². The number of nitrogens with two attached hydrogens (primary N) is 1. The molecule has 3 nitrogen and oxygen atoms in total. The topological polar surface area (TPSA) is 32.5 Å². The minimum Gasteiger partial charge on any atom is -0.329 e. The van der Waals surface area contributed by atoms with Gasteiger partial charge in [-0.25, -0.2) is 0 Å². The smallest absolute Gasteiger partial charge is 0.0362 e. The molecule has 0 aromatic carbocycles. The summed E-state index contributed by atoms with van der Waals surface area (Å²) >= 11 is 0. The second-order valence-corrected chi connectivity index (χ2v) is 6.54. The van der Waals surface area contributed by atoms with Crippen LogP contribution >= 0.6 is 0 Å². The molecule has 0 radical (unpaired) electrons. The highest BCUT2D eigenvalue weighted by atomic mass is 15.2. The van der Waals surface area contributed by atoms with E-state index in [1.165, 1.54) is 45.2 Å². The van der Waals surface area contributed by atoms with E-state index in [1.807, 2.05) is 0 Å². The molecule has 2 N–H and O–H groups in total. The fourth-order valence-electron chi connectivity index (χ4n) is 4.13. The summed E-state index contributed by atoms with van der Waals surface area (Å²) in [4.78, 5) is 4.99. The number of likely N-dealkylation sites (N-methyl/N-ethyl adjacent to an activating group) is 1. The maximum Gasteiger partial charge on any atom is 0.0362 e. The molecular formula is C15H31N3. The molecule has 0 aliphatic heterocycles. The van der Waals surface area contributed by atoms with Crippen molar-refractivity contribution in [3.05, 3.63) is 0 Å². The molecule has 0 aromatic rings. The summed E-state index contributed by atoms with van der Waals surface area (Å²) < 4.78 is 0. The second kappa shape index (κ2) is 5.89. The van der Waals surface area contributed by atoms with Gasteiger partial charge < -0.3 is 10.6 Å². The Kier molecular flexibility index (Phi) is 4.68. The van der Waals surface area contributed by atoms with Crippen molar-refractivity contribution in [2.75, 3.05) is 40.3 Å². The van der Waals surface area contributed by atoms with Crippen LogP contribution in [0.3, 0.4) is 0 Å². The summed E-state index contributed by atoms with van der Waals surface area (Å²) in [5, 5.41) is 0. The lowest BCUT2D eigenvalue weighted by molar-refractivity contribution is 0.0456. The van der Waals surface area contributed by atoms with Crippen LogP contribution in [0.5, 0.6) is 0 Å². The Bertz CT molecular complexity index is 266. The number of nitrogens with zero attached hydrogens (tertiary/aromatic N) is 2. The Morgan fingerprint density at radius 1 is 1.28 bits per heavy atom. The van der Waals surface area contributed by atoms with Crippen LogP contribution in [0.4, 0.5) is 0 Å². The van der Waals surface area contributed by atoms with Crippen molar-refractivity contribution in [1.29, 1.82) is 0 Å². The molecule has 3 atom stereocenters. The van der Waals surface area contributed by atoms with E-state index in [4.69, 9.17) is 5.73 Å². The highest BCUT2D eigenvalue weighted by Gasteiger charge is 2.56. The van der Waals surface area contributed by atoms with Crippen LogP contribution in [0, 0.1) is 11.8 Å². The fourth-order valence-corrected chi connectivity index (χ4v) is 4.13. The maximum absolute atomic E-state index is 6.21. The molecule has 2 aliphatic carbocycles. The lowest BCUT2D eigenvalue weighted by Crippen LogP contribution is -2.57. The zero-order valence-corrected chi connectivity index (χ0v) is 12.5. The molecule has 0 amide bonds. The monoisotopic (exact) mass is 253 g/mol. The van der Waals surface area contributed by atoms with Gasteiger partial charge in [0.2, 0.25) is 0 Å². The number of rotatable bonds is 7. The summed E-state index contributed by atoms with van der Waals surface area (Å²) in [6, 6.07) is 0. The van der Waals surface area contributed by atoms with Gasteiger partial charge in [-0.15, -0.1) is 0 Å². The van der Waals surface area contributed by atoms with Crippen LogP contribution < -0.4 is 5.73 Å². The zero-order chi connectivity index (χ0) is 13.2. The minimum absolute atomic E-state index is 0.351. The van der Waals surface area contributed by atoms with Crippen LogP contribution in [0.2, 0.25) is 0 Å². The molecule has 3 unspecified atom stereocenters. The normalized spacial score (nSPS) is 35.0. The first kappa shape index (κ1) is 14.3. The van der Waals surface area contributed by atoms with Crippen molar-refractivity contribution >= 4 is 0 Å². The number of fused-ring (bicyclic) bond motifs is 1. The van der Waals surface area contributed by atoms with Gasteiger partial charge in [0.1, 0.15) is 0 Å². The van der Waals surface area contributed by atoms with E-state index in [9.17, 15) is 0 Å². The fraction of sp³-hybridized carbons (Fsp3) is 1.00. The second-order valence-electron chi connectivity index (χ2n) is 6.54. The average molecular weight is 253 g/mol. The SMILES string of the molecule is CCN(CCCN(C)C)C1(CN)CCCC2CC21. The van der Waals surface area contributed by atoms with Crippen molar-refractivity contribution in [2.45, 2.75) is 44.6 Å². The molecule has 2 aliphatic rings. The predicted octanol–water partition coefficient (Wildman–Crippen LogP) is 1.78. The summed E-state index contributed by atoms with van der Waals surface area (Å²) in [6.07, 6.45) is 6.89. The van der Waals surface area contributed by atoms with E-state index in [2.05, 4.69) is 30.8 Å². The van der Waals surface area contributed by atoms with E-state index in [0.717, 1.165) is 24.9 Å². The van der Waals surface area contributed by atoms with Crippen LogP contribution in [0.1, 0.15) is 39.0 Å². The largest absolute Gasteiger partial charge is 0.329 e. The van der Waals surface area contributed by atoms with Gasteiger partial charge in [-0.2, -0.15) is 0 Å². The van der Waals surface area contributed by atoms with Crippen molar-refractivity contribution in [1.82, 2.24) is 9.80 Å². The Balaban J connectivity index is 1.95. The molecule has 0 saturated heterocycles. The zero-order valence-electron chi connectivity index (χ0n) is 12.5. The van der Waals surface area contributed by atoms with E-state index in [0.29, 0.717) is 5.54 Å². The first-order valence-electron chi connectivity index (χ1n) is 7.74. The van der Waals surface area contributed by atoms with Gasteiger partial charge >= 0.3 is 0 Å². The predicted molar refractivity (Wildman–Crippen MR) is 77.7 cm³/mol. The molecule has 3 heteroatoms. The van der Waals surface area contributed by atoms with Gasteiger partial charge in [0, 0.05) is 12.1 Å². The quantitative estimate of drug-likeness (QED) is 0.750. The first-order valence-corrected chi connectivity index (χ1v) is 7.74. The molecule has 0 bridgehead atoms. The standard InChI is InChI=1S/C15H31N3/c1-4-18(10-6-9-17(2)3)15(12-16)8-5-7-13-11-14(13)15/h13-14H,4-12,16H2,1-3H3. The van der Waals surface area contributed by atoms with Gasteiger partial charge in [-0.3, -0.25) is 4.90 Å². The van der Waals surface area contributed by atoms with Gasteiger partial charge in [0.25, 0.3) is 0 Å². The third kappa shape index (κ3) is 2.73. The lowest BCUT2D eigenvalue weighted by atomic mass is 9.79. The number of hydrogen-bond acceptors (Lipinski definition) is 3. The first-order chi connectivity index (χ1) is 8.64. The third-order valence-electron chi connectivity index (χ3n) is 5.20. The Hall–Kier alpha value is -0.120. The molecule has 18 heavy (non-hydrogen) atoms. The molecule has 0 heterocycles. The van der Waals surface area contributed by atoms with Crippen LogP contribution in [0.15, 0.2) is 0 Å². The summed E-state index contributed by atoms with van der Waals surface area (Å²) in [5.74, 6) is 1.92. The van der Waals surface area contributed by atoms with Gasteiger partial charge in [-0.1, -0.05) is 19.8 Å². The molecule has 2 fully saturated rings. The molecule has 106 valence electrons. The third-order valence-corrected chi connectivity index (χ3v) is 5.20. The Morgan fingerprint density at radius 3 is 2.67 bits per heavy atom. The highest BCUT2D eigenvalue weighted by molar-refractivity contribution is 5.10. The van der Waals surface area contributed by atoms with Crippen molar-refractivity contribution in [2.24, 2.45) is 17.6 Å². The Labute approximate surface area is 113 Å². The maximum atomic E-state index is 6.21. The molecule has 0 spiro atoms. The summed E-state index contributed by atoms with van der Waals surface area (Å²) in [5.41, 5.74) is 6.56. The van der Waals surface area contributed by atoms with Crippen molar-refractivity contribution < 1.29 is 0 Å². The van der Waals surface area contributed by atoms with Crippen LogP contribution in [-0.2, 0) is 0 Å².